The molecular formula is C24H24FN5O6S. The average Bonchev–Trinajstić information content (AvgIpc) is 3.29. The number of aliphatic hydroxyl groups is 2. The Hall–Kier alpha value is -3.52. The van der Waals surface area contributed by atoms with Crippen molar-refractivity contribution in [2.24, 2.45) is 0 Å². The lowest BCUT2D eigenvalue weighted by Crippen LogP contribution is -2.50. The van der Waals surface area contributed by atoms with Crippen LogP contribution in [0.5, 0.6) is 5.88 Å². The van der Waals surface area contributed by atoms with E-state index in [1.165, 1.54) is 23.8 Å². The third kappa shape index (κ3) is 5.03. The standard InChI is InChI=1S/C24H24FN5O6S/c1-35-21-5-3-15-22(29-21)13(14(25)8-27-15)7-26-9-18(31)23(33)17-10-36-24(34)30(17)12-2-4-19-16(6-12)28-20(32)11-37-19/h2-6,8,17-18,23,26,31,33H,7,9-11H2,1H3,(H,28,32)/t17-,18-,23+/m0/s1. The first-order valence-electron chi connectivity index (χ1n) is 11.4. The number of fused-ring (bicyclic) bond motifs is 2. The number of thioether (sulfide) groups is 1. The molecule has 4 heterocycles. The summed E-state index contributed by atoms with van der Waals surface area (Å²) < 4.78 is 24.8. The molecule has 2 amide bonds. The van der Waals surface area contributed by atoms with Crippen LogP contribution in [0.2, 0.25) is 0 Å². The molecule has 37 heavy (non-hydrogen) atoms. The number of amides is 2. The zero-order valence-corrected chi connectivity index (χ0v) is 20.5. The highest BCUT2D eigenvalue weighted by molar-refractivity contribution is 8.00. The molecule has 3 atom stereocenters. The molecule has 11 nitrogen and oxygen atoms in total. The topological polar surface area (TPSA) is 146 Å². The zero-order chi connectivity index (χ0) is 26.1. The fraction of sp³-hybridized carbons (Fsp3) is 0.333. The number of anilines is 2. The van der Waals surface area contributed by atoms with Crippen LogP contribution in [0.4, 0.5) is 20.6 Å². The molecule has 1 fully saturated rings. The molecule has 0 bridgehead atoms. The molecule has 13 heteroatoms. The first-order chi connectivity index (χ1) is 17.9. The summed E-state index contributed by atoms with van der Waals surface area (Å²) >= 11 is 1.39. The average molecular weight is 530 g/mol. The SMILES string of the molecule is COc1ccc2ncc(F)c(CNC[C@H](O)[C@H](O)[C@@H]3COC(=O)N3c3ccc4c(c3)NC(=O)CS4)c2n1. The van der Waals surface area contributed by atoms with Crippen LogP contribution in [-0.4, -0.2) is 76.4 Å². The molecule has 5 rings (SSSR count). The van der Waals surface area contributed by atoms with Crippen LogP contribution >= 0.6 is 11.8 Å². The van der Waals surface area contributed by atoms with Gasteiger partial charge in [-0.25, -0.2) is 14.2 Å². The molecule has 1 saturated heterocycles. The minimum absolute atomic E-state index is 0.000793. The number of nitrogens with zero attached hydrogens (tertiary/aromatic N) is 3. The molecule has 194 valence electrons. The fourth-order valence-electron chi connectivity index (χ4n) is 4.29. The Kier molecular flexibility index (Phi) is 7.11. The maximum absolute atomic E-state index is 14.5. The predicted molar refractivity (Wildman–Crippen MR) is 133 cm³/mol. The highest BCUT2D eigenvalue weighted by atomic mass is 32.2. The van der Waals surface area contributed by atoms with Gasteiger partial charge in [-0.05, 0) is 24.3 Å². The van der Waals surface area contributed by atoms with Crippen molar-refractivity contribution in [3.8, 4) is 5.88 Å². The number of rotatable bonds is 8. The number of cyclic esters (lactones) is 1. The Labute approximate surface area is 215 Å². The van der Waals surface area contributed by atoms with Crippen molar-refractivity contribution in [1.29, 1.82) is 0 Å². The number of carbonyl (C=O) groups excluding carboxylic acids is 2. The van der Waals surface area contributed by atoms with E-state index in [-0.39, 0.29) is 31.2 Å². The van der Waals surface area contributed by atoms with Gasteiger partial charge in [-0.15, -0.1) is 11.8 Å². The van der Waals surface area contributed by atoms with Gasteiger partial charge in [-0.2, -0.15) is 0 Å². The van der Waals surface area contributed by atoms with Crippen LogP contribution in [0.1, 0.15) is 5.56 Å². The predicted octanol–water partition coefficient (Wildman–Crippen LogP) is 1.66. The maximum Gasteiger partial charge on any atom is 0.414 e. The van der Waals surface area contributed by atoms with Crippen LogP contribution in [0, 0.1) is 5.82 Å². The molecule has 1 aromatic carbocycles. The summed E-state index contributed by atoms with van der Waals surface area (Å²) in [5.74, 6) is -0.109. The lowest BCUT2D eigenvalue weighted by Gasteiger charge is -2.29. The third-order valence-corrected chi connectivity index (χ3v) is 7.25. The number of methoxy groups -OCH3 is 1. The molecule has 3 aromatic rings. The highest BCUT2D eigenvalue weighted by Gasteiger charge is 2.41. The number of benzene rings is 1. The second-order valence-corrected chi connectivity index (χ2v) is 9.54. The van der Waals surface area contributed by atoms with Crippen LogP contribution in [0.15, 0.2) is 41.4 Å². The number of nitrogens with one attached hydrogen (secondary N) is 2. The lowest BCUT2D eigenvalue weighted by atomic mass is 10.0. The summed E-state index contributed by atoms with van der Waals surface area (Å²) in [6, 6.07) is 7.51. The molecule has 0 radical (unpaired) electrons. The van der Waals surface area contributed by atoms with E-state index in [4.69, 9.17) is 9.47 Å². The fourth-order valence-corrected chi connectivity index (χ4v) is 5.08. The van der Waals surface area contributed by atoms with E-state index < -0.39 is 30.2 Å². The monoisotopic (exact) mass is 529 g/mol. The van der Waals surface area contributed by atoms with Gasteiger partial charge in [0.25, 0.3) is 0 Å². The first-order valence-corrected chi connectivity index (χ1v) is 12.4. The Morgan fingerprint density at radius 1 is 1.32 bits per heavy atom. The maximum atomic E-state index is 14.5. The minimum atomic E-state index is -1.38. The van der Waals surface area contributed by atoms with E-state index in [0.717, 1.165) is 11.1 Å². The summed E-state index contributed by atoms with van der Waals surface area (Å²) in [5, 5.41) is 27.3. The largest absolute Gasteiger partial charge is 0.481 e. The van der Waals surface area contributed by atoms with Gasteiger partial charge >= 0.3 is 6.09 Å². The van der Waals surface area contributed by atoms with Crippen molar-refractivity contribution in [3.05, 3.63) is 47.9 Å². The molecule has 0 unspecified atom stereocenters. The number of carbonyl (C=O) groups is 2. The Morgan fingerprint density at radius 2 is 2.16 bits per heavy atom. The molecule has 2 aliphatic rings. The first kappa shape index (κ1) is 25.1. The number of pyridine rings is 2. The summed E-state index contributed by atoms with van der Waals surface area (Å²) in [6.45, 7) is -0.243. The molecular weight excluding hydrogens is 505 g/mol. The molecule has 2 aromatic heterocycles. The van der Waals surface area contributed by atoms with E-state index >= 15 is 0 Å². The van der Waals surface area contributed by atoms with E-state index in [0.29, 0.717) is 34.0 Å². The summed E-state index contributed by atoms with van der Waals surface area (Å²) in [7, 11) is 1.45. The number of hydrogen-bond donors (Lipinski definition) is 4. The lowest BCUT2D eigenvalue weighted by molar-refractivity contribution is -0.113. The molecule has 0 saturated carbocycles. The number of aromatic nitrogens is 2. The van der Waals surface area contributed by atoms with Gasteiger partial charge in [0.2, 0.25) is 11.8 Å². The van der Waals surface area contributed by atoms with Gasteiger partial charge in [-0.3, -0.25) is 14.7 Å². The summed E-state index contributed by atoms with van der Waals surface area (Å²) in [4.78, 5) is 34.7. The van der Waals surface area contributed by atoms with Crippen molar-refractivity contribution >= 4 is 46.2 Å². The molecule has 2 aliphatic heterocycles. The van der Waals surface area contributed by atoms with Crippen molar-refractivity contribution in [2.45, 2.75) is 29.7 Å². The van der Waals surface area contributed by atoms with Gasteiger partial charge in [0.05, 0.1) is 36.4 Å². The van der Waals surface area contributed by atoms with Gasteiger partial charge in [0.1, 0.15) is 30.1 Å². The van der Waals surface area contributed by atoms with Crippen molar-refractivity contribution < 1.29 is 33.7 Å². The van der Waals surface area contributed by atoms with Crippen LogP contribution < -0.4 is 20.3 Å². The molecule has 0 aliphatic carbocycles. The number of halogens is 1. The second-order valence-electron chi connectivity index (χ2n) is 8.53. The normalized spacial score (nSPS) is 18.8. The van der Waals surface area contributed by atoms with Crippen molar-refractivity contribution in [2.75, 3.05) is 36.2 Å². The highest BCUT2D eigenvalue weighted by Crippen LogP contribution is 2.36. The van der Waals surface area contributed by atoms with Gasteiger partial charge in [-0.1, -0.05) is 0 Å². The number of ether oxygens (including phenoxy) is 2. The summed E-state index contributed by atoms with van der Waals surface area (Å²) in [6.07, 6.45) is -2.27. The van der Waals surface area contributed by atoms with Crippen molar-refractivity contribution in [1.82, 2.24) is 15.3 Å². The van der Waals surface area contributed by atoms with Gasteiger partial charge in [0.15, 0.2) is 0 Å². The van der Waals surface area contributed by atoms with E-state index in [9.17, 15) is 24.2 Å². The third-order valence-electron chi connectivity index (χ3n) is 6.17. The number of aliphatic hydroxyl groups excluding tert-OH is 2. The summed E-state index contributed by atoms with van der Waals surface area (Å²) in [5.41, 5.74) is 2.02. The van der Waals surface area contributed by atoms with Crippen LogP contribution in [-0.2, 0) is 16.1 Å². The second kappa shape index (κ2) is 10.5. The van der Waals surface area contributed by atoms with Crippen LogP contribution in [0.25, 0.3) is 11.0 Å². The van der Waals surface area contributed by atoms with Gasteiger partial charge < -0.3 is 30.3 Å². The zero-order valence-electron chi connectivity index (χ0n) is 19.7. The Balaban J connectivity index is 1.27. The minimum Gasteiger partial charge on any atom is -0.481 e. The van der Waals surface area contributed by atoms with Gasteiger partial charge in [0, 0.05) is 35.3 Å². The van der Waals surface area contributed by atoms with E-state index in [1.54, 1.807) is 30.3 Å². The Bertz CT molecular complexity index is 1360. The van der Waals surface area contributed by atoms with E-state index in [2.05, 4.69) is 20.6 Å². The quantitative estimate of drug-likeness (QED) is 0.340. The van der Waals surface area contributed by atoms with E-state index in [1.807, 2.05) is 0 Å². The number of hydrogen-bond acceptors (Lipinski definition) is 10. The van der Waals surface area contributed by atoms with Crippen molar-refractivity contribution in [3.63, 3.8) is 0 Å². The van der Waals surface area contributed by atoms with Crippen LogP contribution in [0.3, 0.4) is 0 Å². The Morgan fingerprint density at radius 3 is 2.97 bits per heavy atom. The molecule has 0 spiro atoms. The smallest absolute Gasteiger partial charge is 0.414 e. The molecule has 4 N–H and O–H groups in total.